The normalized spacial score (nSPS) is 11.7. The zero-order valence-corrected chi connectivity index (χ0v) is 23.1. The summed E-state index contributed by atoms with van der Waals surface area (Å²) in [5.74, 6) is 0. The van der Waals surface area contributed by atoms with Crippen molar-refractivity contribution >= 4 is 33.9 Å². The molecule has 2 rings (SSSR count). The molecule has 0 aliphatic carbocycles. The van der Waals surface area contributed by atoms with Crippen molar-refractivity contribution in [1.82, 2.24) is 0 Å². The molecule has 0 saturated carbocycles. The zero-order valence-electron chi connectivity index (χ0n) is 21.1. The molecular formula is C24H42N2O5Si2. The Morgan fingerprint density at radius 3 is 1.76 bits per heavy atom. The van der Waals surface area contributed by atoms with Crippen molar-refractivity contribution in [2.45, 2.75) is 46.2 Å². The third-order valence-electron chi connectivity index (χ3n) is 5.18. The molecule has 0 fully saturated rings. The summed E-state index contributed by atoms with van der Waals surface area (Å²) < 4.78 is 28.3. The van der Waals surface area contributed by atoms with E-state index in [2.05, 4.69) is 18.7 Å². The average Bonchev–Trinajstić information content (AvgIpc) is 2.81. The monoisotopic (exact) mass is 494 g/mol. The van der Waals surface area contributed by atoms with Gasteiger partial charge in [0.2, 0.25) is 0 Å². The van der Waals surface area contributed by atoms with Gasteiger partial charge in [-0.05, 0) is 76.0 Å². The summed E-state index contributed by atoms with van der Waals surface area (Å²) in [7, 11) is -1.20. The van der Waals surface area contributed by atoms with E-state index >= 15 is 0 Å². The van der Waals surface area contributed by atoms with Gasteiger partial charge in [0.25, 0.3) is 0 Å². The number of rotatable bonds is 13. The molecule has 4 N–H and O–H groups in total. The van der Waals surface area contributed by atoms with E-state index in [1.165, 1.54) is 5.56 Å². The smallest absolute Gasteiger partial charge is 0.399 e. The summed E-state index contributed by atoms with van der Waals surface area (Å²) in [5.41, 5.74) is 14.3. The molecule has 0 aliphatic rings. The lowest BCUT2D eigenvalue weighted by Crippen LogP contribution is -2.56. The Bertz CT molecular complexity index is 772. The Balaban J connectivity index is 0.000000331. The maximum absolute atomic E-state index is 5.80. The number of hydrogen-bond donors (Lipinski definition) is 2. The molecule has 0 bridgehead atoms. The van der Waals surface area contributed by atoms with E-state index in [1.807, 2.05) is 57.2 Å². The van der Waals surface area contributed by atoms with Gasteiger partial charge < -0.3 is 33.6 Å². The lowest BCUT2D eigenvalue weighted by Gasteiger charge is -2.28. The fourth-order valence-electron chi connectivity index (χ4n) is 3.26. The highest BCUT2D eigenvalue weighted by molar-refractivity contribution is 6.75. The number of benzene rings is 2. The van der Waals surface area contributed by atoms with Gasteiger partial charge >= 0.3 is 17.4 Å². The molecule has 0 radical (unpaired) electrons. The van der Waals surface area contributed by atoms with E-state index in [9.17, 15) is 0 Å². The van der Waals surface area contributed by atoms with Crippen LogP contribution in [0, 0.1) is 0 Å². The molecule has 33 heavy (non-hydrogen) atoms. The van der Waals surface area contributed by atoms with Crippen LogP contribution in [-0.2, 0) is 28.6 Å². The van der Waals surface area contributed by atoms with Crippen LogP contribution in [-0.4, -0.2) is 51.4 Å². The summed E-state index contributed by atoms with van der Waals surface area (Å²) in [6.45, 7) is 9.57. The minimum absolute atomic E-state index is 0.557. The number of hydrogen-bond acceptors (Lipinski definition) is 7. The van der Waals surface area contributed by atoms with Gasteiger partial charge in [0.1, 0.15) is 0 Å². The molecule has 7 nitrogen and oxygen atoms in total. The summed E-state index contributed by atoms with van der Waals surface area (Å²) >= 11 is 0. The van der Waals surface area contributed by atoms with Crippen LogP contribution in [0.15, 0.2) is 48.5 Å². The minimum Gasteiger partial charge on any atom is -0.399 e. The van der Waals surface area contributed by atoms with Crippen LogP contribution < -0.4 is 16.7 Å². The molecule has 0 unspecified atom stereocenters. The lowest BCUT2D eigenvalue weighted by atomic mass is 10.1. The van der Waals surface area contributed by atoms with E-state index in [4.69, 9.17) is 33.6 Å². The molecule has 0 heterocycles. The molecule has 0 atom stereocenters. The maximum Gasteiger partial charge on any atom is 0.537 e. The Morgan fingerprint density at radius 2 is 1.30 bits per heavy atom. The van der Waals surface area contributed by atoms with Gasteiger partial charge in [-0.1, -0.05) is 24.3 Å². The first-order chi connectivity index (χ1) is 15.8. The van der Waals surface area contributed by atoms with Crippen molar-refractivity contribution < 1.29 is 22.1 Å². The van der Waals surface area contributed by atoms with Gasteiger partial charge in [-0.3, -0.25) is 0 Å². The van der Waals surface area contributed by atoms with E-state index < -0.39 is 17.4 Å². The van der Waals surface area contributed by atoms with Crippen molar-refractivity contribution in [3.63, 3.8) is 0 Å². The van der Waals surface area contributed by atoms with Crippen LogP contribution >= 0.6 is 0 Å². The largest absolute Gasteiger partial charge is 0.537 e. The Kier molecular flexibility index (Phi) is 13.5. The molecule has 9 heteroatoms. The van der Waals surface area contributed by atoms with Crippen LogP contribution in [0.2, 0.25) is 12.6 Å². The quantitative estimate of drug-likeness (QED) is 0.320. The number of anilines is 2. The van der Waals surface area contributed by atoms with Gasteiger partial charge in [0.15, 0.2) is 0 Å². The van der Waals surface area contributed by atoms with E-state index in [1.54, 1.807) is 14.2 Å². The Morgan fingerprint density at radius 1 is 0.758 bits per heavy atom. The van der Waals surface area contributed by atoms with Crippen LogP contribution in [0.5, 0.6) is 0 Å². The topological polar surface area (TPSA) is 98.2 Å². The molecule has 0 aliphatic heterocycles. The fourth-order valence-corrected chi connectivity index (χ4v) is 7.19. The van der Waals surface area contributed by atoms with Gasteiger partial charge in [-0.25, -0.2) is 0 Å². The predicted molar refractivity (Wildman–Crippen MR) is 141 cm³/mol. The van der Waals surface area contributed by atoms with Crippen LogP contribution in [0.3, 0.4) is 0 Å². The second-order valence-corrected chi connectivity index (χ2v) is 13.8. The number of nitrogens with two attached hydrogens (primary N) is 2. The molecule has 186 valence electrons. The maximum atomic E-state index is 5.80. The van der Waals surface area contributed by atoms with Crippen molar-refractivity contribution in [3.8, 4) is 0 Å². The third-order valence-corrected chi connectivity index (χ3v) is 11.2. The molecule has 2 aromatic rings. The Labute approximate surface area is 201 Å². The van der Waals surface area contributed by atoms with Gasteiger partial charge in [-0.2, -0.15) is 0 Å². The predicted octanol–water partition coefficient (Wildman–Crippen LogP) is 4.09. The van der Waals surface area contributed by atoms with Crippen LogP contribution in [0.1, 0.15) is 32.8 Å². The lowest BCUT2D eigenvalue weighted by molar-refractivity contribution is 0.0859. The molecule has 0 saturated heterocycles. The highest BCUT2D eigenvalue weighted by atomic mass is 28.4. The summed E-state index contributed by atoms with van der Waals surface area (Å²) in [6.07, 6.45) is 2.14. The highest BCUT2D eigenvalue weighted by Gasteiger charge is 2.43. The van der Waals surface area contributed by atoms with Crippen molar-refractivity contribution in [3.05, 3.63) is 54.1 Å². The minimum atomic E-state index is -2.78. The van der Waals surface area contributed by atoms with E-state index in [-0.39, 0.29) is 0 Å². The van der Waals surface area contributed by atoms with Gasteiger partial charge in [0.05, 0.1) is 0 Å². The SMILES string of the molecule is CCO[Si](OCC)(OCC)c1cccc(N)c1.CO[Si](C)(CCCc1ccc(N)cc1)OC. The van der Waals surface area contributed by atoms with E-state index in [0.717, 1.165) is 29.8 Å². The molecule has 0 aromatic heterocycles. The summed E-state index contributed by atoms with van der Waals surface area (Å²) in [4.78, 5) is 0. The first-order valence-corrected chi connectivity index (χ1v) is 15.8. The second-order valence-electron chi connectivity index (χ2n) is 7.62. The molecule has 0 amide bonds. The van der Waals surface area contributed by atoms with E-state index in [0.29, 0.717) is 25.5 Å². The van der Waals surface area contributed by atoms with Crippen molar-refractivity contribution in [1.29, 1.82) is 0 Å². The first kappa shape index (κ1) is 29.3. The van der Waals surface area contributed by atoms with Crippen molar-refractivity contribution in [2.24, 2.45) is 0 Å². The standard InChI is InChI=1S/C12H21NO3Si.C12H21NO2Si/c1-4-14-17(15-5-2,16-6-3)12-9-7-8-11(13)10-12;1-14-16(3,15-2)10-4-5-11-6-8-12(13)9-7-11/h7-10H,4-6,13H2,1-3H3;6-9H,4-5,10,13H2,1-3H3. The van der Waals surface area contributed by atoms with Crippen LogP contribution in [0.25, 0.3) is 0 Å². The van der Waals surface area contributed by atoms with Gasteiger partial charge in [0, 0.05) is 50.6 Å². The van der Waals surface area contributed by atoms with Crippen molar-refractivity contribution in [2.75, 3.05) is 45.5 Å². The Hall–Kier alpha value is -1.73. The van der Waals surface area contributed by atoms with Crippen LogP contribution in [0.4, 0.5) is 11.4 Å². The molecule has 0 spiro atoms. The average molecular weight is 495 g/mol. The molecule has 2 aromatic carbocycles. The third kappa shape index (κ3) is 9.97. The summed E-state index contributed by atoms with van der Waals surface area (Å²) in [6, 6.07) is 16.6. The first-order valence-electron chi connectivity index (χ1n) is 11.5. The highest BCUT2D eigenvalue weighted by Crippen LogP contribution is 2.17. The number of nitrogen functional groups attached to an aromatic ring is 2. The summed E-state index contributed by atoms with van der Waals surface area (Å²) in [5, 5.41) is 0.919. The zero-order chi connectivity index (χ0) is 24.7. The second kappa shape index (κ2) is 15.2. The number of aryl methyl sites for hydroxylation is 1. The van der Waals surface area contributed by atoms with Gasteiger partial charge in [-0.15, -0.1) is 0 Å². The fraction of sp³-hybridized carbons (Fsp3) is 0.500. The molecular weight excluding hydrogens is 452 g/mol.